The van der Waals surface area contributed by atoms with Crippen molar-refractivity contribution in [3.8, 4) is 0 Å². The first-order valence-electron chi connectivity index (χ1n) is 22.1. The molecule has 8 atom stereocenters. The highest BCUT2D eigenvalue weighted by Crippen LogP contribution is 2.47. The number of unbranched alkanes of at least 4 members (excludes halogenated alkanes) is 20. The normalized spacial score (nSPS) is 22.9. The number of carbonyl (C=O) groups is 2. The van der Waals surface area contributed by atoms with Gasteiger partial charge in [-0.2, -0.15) is 0 Å². The molecule has 57 heavy (non-hydrogen) atoms. The van der Waals surface area contributed by atoms with Crippen LogP contribution >= 0.6 is 7.82 Å². The van der Waals surface area contributed by atoms with Gasteiger partial charge in [0.25, 0.3) is 0 Å². The summed E-state index contributed by atoms with van der Waals surface area (Å²) in [5, 5.41) is 50.0. The summed E-state index contributed by atoms with van der Waals surface area (Å²) in [6.45, 7) is 3.24. The molecule has 13 nitrogen and oxygen atoms in total. The van der Waals surface area contributed by atoms with Crippen LogP contribution in [-0.2, 0) is 32.7 Å². The van der Waals surface area contributed by atoms with Gasteiger partial charge in [-0.15, -0.1) is 0 Å². The van der Waals surface area contributed by atoms with Crippen molar-refractivity contribution in [3.05, 3.63) is 24.3 Å². The average Bonchev–Trinajstić information content (AvgIpc) is 3.19. The number of carbonyl (C=O) groups excluding carboxylic acids is 2. The lowest BCUT2D eigenvalue weighted by Gasteiger charge is -2.41. The topological polar surface area (TPSA) is 210 Å². The molecule has 1 fully saturated rings. The standard InChI is InChI=1S/C43H79O13P/c1-3-5-7-9-11-13-15-16-17-18-19-20-22-23-25-27-29-31-36(44)53-33-35(55-37(45)32-30-28-26-24-21-14-12-10-8-6-4-2)34-54-57(51,52)56-43-41(49)39(47)38(46)40(48)42(43)50/h19-20,23,25,35,38-43,46-50H,3-18,21-22,24,26-34H2,1-2H3,(H,51,52)/b20-19+,25-23+/t35-,38?,39-,40?,41?,42?,43?/m0/s1. The number of aliphatic hydroxyl groups excluding tert-OH is 5. The van der Waals surface area contributed by atoms with Gasteiger partial charge in [0, 0.05) is 12.8 Å². The van der Waals surface area contributed by atoms with E-state index in [0.717, 1.165) is 38.5 Å². The summed E-state index contributed by atoms with van der Waals surface area (Å²) in [6.07, 6.45) is 22.5. The third-order valence-electron chi connectivity index (χ3n) is 10.3. The number of esters is 2. The monoisotopic (exact) mass is 835 g/mol. The van der Waals surface area contributed by atoms with Gasteiger partial charge in [0.1, 0.15) is 43.2 Å². The Morgan fingerprint density at radius 1 is 0.544 bits per heavy atom. The van der Waals surface area contributed by atoms with E-state index in [-0.39, 0.29) is 12.8 Å². The van der Waals surface area contributed by atoms with Crippen LogP contribution in [0.1, 0.15) is 181 Å². The predicted molar refractivity (Wildman–Crippen MR) is 221 cm³/mol. The highest BCUT2D eigenvalue weighted by molar-refractivity contribution is 7.47. The van der Waals surface area contributed by atoms with Gasteiger partial charge in [0.15, 0.2) is 6.10 Å². The lowest BCUT2D eigenvalue weighted by molar-refractivity contribution is -0.220. The maximum atomic E-state index is 12.8. The van der Waals surface area contributed by atoms with Crippen LogP contribution in [0.25, 0.3) is 0 Å². The van der Waals surface area contributed by atoms with Gasteiger partial charge in [-0.3, -0.25) is 18.6 Å². The predicted octanol–water partition coefficient (Wildman–Crippen LogP) is 8.06. The smallest absolute Gasteiger partial charge is 0.462 e. The number of allylic oxidation sites excluding steroid dienone is 4. The van der Waals surface area contributed by atoms with Crippen LogP contribution in [0.15, 0.2) is 24.3 Å². The summed E-state index contributed by atoms with van der Waals surface area (Å²) in [6, 6.07) is 0. The third kappa shape index (κ3) is 26.9. The second-order valence-corrected chi connectivity index (χ2v) is 17.0. The van der Waals surface area contributed by atoms with Gasteiger partial charge in [0.05, 0.1) is 6.61 Å². The van der Waals surface area contributed by atoms with Crippen molar-refractivity contribution in [3.63, 3.8) is 0 Å². The van der Waals surface area contributed by atoms with E-state index in [0.29, 0.717) is 19.3 Å². The molecule has 1 rings (SSSR count). The average molecular weight is 835 g/mol. The van der Waals surface area contributed by atoms with Crippen LogP contribution in [0.4, 0.5) is 0 Å². The number of rotatable bonds is 36. The summed E-state index contributed by atoms with van der Waals surface area (Å²) in [5.41, 5.74) is 0. The summed E-state index contributed by atoms with van der Waals surface area (Å²) in [5.74, 6) is -1.15. The Balaban J connectivity index is 2.49. The first kappa shape index (κ1) is 53.3. The van der Waals surface area contributed by atoms with E-state index in [1.165, 1.54) is 96.3 Å². The van der Waals surface area contributed by atoms with Crippen molar-refractivity contribution in [2.24, 2.45) is 0 Å². The fourth-order valence-corrected chi connectivity index (χ4v) is 7.65. The van der Waals surface area contributed by atoms with E-state index in [4.69, 9.17) is 18.5 Å². The molecule has 0 radical (unpaired) electrons. The molecule has 0 heterocycles. The summed E-state index contributed by atoms with van der Waals surface area (Å²) in [7, 11) is -5.12. The Kier molecular flexibility index (Phi) is 31.9. The highest BCUT2D eigenvalue weighted by Gasteiger charge is 2.51. The number of hydrogen-bond donors (Lipinski definition) is 6. The second kappa shape index (κ2) is 34.1. The SMILES string of the molecule is CCCCCCCCCCC/C=C/C/C=C/CCCC(=O)OC[C@@H](COP(=O)(O)OC1C(O)C(O)C(O)[C@H](O)C1O)OC(=O)CCCCCCCCCCCCC. The highest BCUT2D eigenvalue weighted by atomic mass is 31.2. The van der Waals surface area contributed by atoms with Gasteiger partial charge < -0.3 is 39.9 Å². The molecule has 0 saturated heterocycles. The lowest BCUT2D eigenvalue weighted by atomic mass is 9.85. The molecule has 1 saturated carbocycles. The van der Waals surface area contributed by atoms with Crippen LogP contribution in [0.2, 0.25) is 0 Å². The first-order chi connectivity index (χ1) is 27.4. The van der Waals surface area contributed by atoms with Crippen LogP contribution in [0.3, 0.4) is 0 Å². The van der Waals surface area contributed by atoms with Gasteiger partial charge in [-0.05, 0) is 38.5 Å². The molecule has 0 aliphatic heterocycles. The molecule has 0 aromatic heterocycles. The molecule has 0 aromatic carbocycles. The van der Waals surface area contributed by atoms with Crippen molar-refractivity contribution < 1.29 is 63.1 Å². The van der Waals surface area contributed by atoms with Crippen LogP contribution in [0, 0.1) is 0 Å². The Labute approximate surface area is 343 Å². The molecule has 334 valence electrons. The second-order valence-electron chi connectivity index (χ2n) is 15.6. The fourth-order valence-electron chi connectivity index (χ4n) is 6.68. The molecule has 6 unspecified atom stereocenters. The lowest BCUT2D eigenvalue weighted by Crippen LogP contribution is -2.64. The molecule has 0 bridgehead atoms. The molecule has 0 spiro atoms. The zero-order valence-corrected chi connectivity index (χ0v) is 36.0. The minimum Gasteiger partial charge on any atom is -0.462 e. The van der Waals surface area contributed by atoms with Gasteiger partial charge >= 0.3 is 19.8 Å². The van der Waals surface area contributed by atoms with Crippen LogP contribution in [0.5, 0.6) is 0 Å². The number of hydrogen-bond acceptors (Lipinski definition) is 12. The third-order valence-corrected chi connectivity index (χ3v) is 11.3. The Bertz CT molecular complexity index is 1100. The van der Waals surface area contributed by atoms with E-state index in [9.17, 15) is 44.6 Å². The van der Waals surface area contributed by atoms with E-state index < -0.39 is 75.7 Å². The molecule has 14 heteroatoms. The largest absolute Gasteiger partial charge is 0.472 e. The molecule has 1 aliphatic rings. The first-order valence-corrected chi connectivity index (χ1v) is 23.6. The van der Waals surface area contributed by atoms with Gasteiger partial charge in [0.2, 0.25) is 0 Å². The van der Waals surface area contributed by atoms with Crippen LogP contribution < -0.4 is 0 Å². The van der Waals surface area contributed by atoms with Gasteiger partial charge in [-0.1, -0.05) is 154 Å². The Hall–Kier alpha value is -1.67. The van der Waals surface area contributed by atoms with Crippen molar-refractivity contribution >= 4 is 19.8 Å². The van der Waals surface area contributed by atoms with E-state index in [1.807, 2.05) is 6.08 Å². The minimum atomic E-state index is -5.12. The fraction of sp³-hybridized carbons (Fsp3) is 0.860. The molecular formula is C43H79O13P. The van der Waals surface area contributed by atoms with E-state index >= 15 is 0 Å². The summed E-state index contributed by atoms with van der Waals surface area (Å²) < 4.78 is 33.4. The Morgan fingerprint density at radius 3 is 1.47 bits per heavy atom. The molecule has 1 aliphatic carbocycles. The zero-order chi connectivity index (χ0) is 42.2. The number of phosphoric acid groups is 1. The van der Waals surface area contributed by atoms with Crippen LogP contribution in [-0.4, -0.2) is 98.3 Å². The van der Waals surface area contributed by atoms with E-state index in [1.54, 1.807) is 0 Å². The zero-order valence-electron chi connectivity index (χ0n) is 35.1. The Morgan fingerprint density at radius 2 is 0.965 bits per heavy atom. The van der Waals surface area contributed by atoms with Crippen molar-refractivity contribution in [1.29, 1.82) is 0 Å². The number of aliphatic hydroxyl groups is 5. The molecule has 0 amide bonds. The van der Waals surface area contributed by atoms with Crippen molar-refractivity contribution in [1.82, 2.24) is 0 Å². The maximum absolute atomic E-state index is 12.8. The number of ether oxygens (including phenoxy) is 2. The molecule has 0 aromatic rings. The maximum Gasteiger partial charge on any atom is 0.472 e. The summed E-state index contributed by atoms with van der Waals surface area (Å²) >= 11 is 0. The van der Waals surface area contributed by atoms with E-state index in [2.05, 4.69) is 32.1 Å². The summed E-state index contributed by atoms with van der Waals surface area (Å²) in [4.78, 5) is 35.5. The van der Waals surface area contributed by atoms with Crippen molar-refractivity contribution in [2.45, 2.75) is 224 Å². The quantitative estimate of drug-likeness (QED) is 0.0153. The molecule has 6 N–H and O–H groups in total. The van der Waals surface area contributed by atoms with Gasteiger partial charge in [-0.25, -0.2) is 4.57 Å². The van der Waals surface area contributed by atoms with Crippen molar-refractivity contribution in [2.75, 3.05) is 13.2 Å². The minimum absolute atomic E-state index is 0.0914. The number of phosphoric ester groups is 1. The molecular weight excluding hydrogens is 755 g/mol.